The Morgan fingerprint density at radius 2 is 1.95 bits per heavy atom. The van der Waals surface area contributed by atoms with Crippen LogP contribution >= 0.6 is 0 Å². The zero-order valence-electron chi connectivity index (χ0n) is 11.7. The Balaban J connectivity index is 1.89. The molecule has 1 N–H and O–H groups in total. The molecule has 3 rings (SSSR count). The number of pyridine rings is 1. The fraction of sp³-hybridized carbons (Fsp3) is 0.353. The summed E-state index contributed by atoms with van der Waals surface area (Å²) in [4.78, 5) is 4.23. The molecule has 2 heterocycles. The van der Waals surface area contributed by atoms with E-state index in [9.17, 15) is 0 Å². The highest BCUT2D eigenvalue weighted by molar-refractivity contribution is 5.27. The summed E-state index contributed by atoms with van der Waals surface area (Å²) in [5, 5.41) is 3.21. The summed E-state index contributed by atoms with van der Waals surface area (Å²) in [5.74, 6) is 0.402. The summed E-state index contributed by atoms with van der Waals surface area (Å²) in [6.45, 7) is 0.889. The van der Waals surface area contributed by atoms with E-state index in [4.69, 9.17) is 4.74 Å². The van der Waals surface area contributed by atoms with Crippen molar-refractivity contribution in [1.82, 2.24) is 10.3 Å². The van der Waals surface area contributed by atoms with Crippen LogP contribution in [-0.2, 0) is 4.74 Å². The first kappa shape index (κ1) is 13.3. The van der Waals surface area contributed by atoms with Crippen LogP contribution in [0, 0.1) is 0 Å². The Morgan fingerprint density at radius 3 is 2.65 bits per heavy atom. The van der Waals surface area contributed by atoms with Gasteiger partial charge in [-0.1, -0.05) is 36.4 Å². The summed E-state index contributed by atoms with van der Waals surface area (Å²) in [6, 6.07) is 14.7. The van der Waals surface area contributed by atoms with Crippen molar-refractivity contribution in [2.45, 2.75) is 24.5 Å². The quantitative estimate of drug-likeness (QED) is 0.925. The molecular formula is C17H20N2O. The van der Waals surface area contributed by atoms with Crippen LogP contribution in [0.15, 0.2) is 54.9 Å². The molecule has 0 bridgehead atoms. The van der Waals surface area contributed by atoms with E-state index in [2.05, 4.69) is 46.7 Å². The van der Waals surface area contributed by atoms with Gasteiger partial charge < -0.3 is 10.1 Å². The lowest BCUT2D eigenvalue weighted by Gasteiger charge is -2.19. The molecule has 3 heteroatoms. The molecule has 2 aromatic rings. The predicted molar refractivity (Wildman–Crippen MR) is 79.6 cm³/mol. The average Bonchev–Trinajstić information content (AvgIpc) is 2.93. The Labute approximate surface area is 120 Å². The number of rotatable bonds is 4. The van der Waals surface area contributed by atoms with E-state index in [0.717, 1.165) is 13.0 Å². The van der Waals surface area contributed by atoms with Crippen LogP contribution in [0.2, 0.25) is 0 Å². The largest absolute Gasteiger partial charge is 0.368 e. The van der Waals surface area contributed by atoms with Gasteiger partial charge in [0.1, 0.15) is 0 Å². The first-order valence-electron chi connectivity index (χ1n) is 7.13. The molecule has 0 spiro atoms. The van der Waals surface area contributed by atoms with Gasteiger partial charge in [0.2, 0.25) is 0 Å². The van der Waals surface area contributed by atoms with Crippen LogP contribution < -0.4 is 5.32 Å². The number of hydrogen-bond donors (Lipinski definition) is 1. The number of ether oxygens (including phenoxy) is 1. The molecule has 1 saturated heterocycles. The molecule has 1 aromatic heterocycles. The second kappa shape index (κ2) is 6.16. The monoisotopic (exact) mass is 268 g/mol. The third-order valence-corrected chi connectivity index (χ3v) is 3.89. The van der Waals surface area contributed by atoms with Crippen LogP contribution in [-0.4, -0.2) is 24.7 Å². The van der Waals surface area contributed by atoms with Crippen LogP contribution in [0.5, 0.6) is 0 Å². The Morgan fingerprint density at radius 1 is 1.15 bits per heavy atom. The third kappa shape index (κ3) is 2.74. The van der Waals surface area contributed by atoms with E-state index in [1.807, 2.05) is 19.3 Å². The smallest absolute Gasteiger partial charge is 0.0913 e. The summed E-state index contributed by atoms with van der Waals surface area (Å²) >= 11 is 0. The number of hydrogen-bond acceptors (Lipinski definition) is 3. The Hall–Kier alpha value is -1.71. The summed E-state index contributed by atoms with van der Waals surface area (Å²) in [5.41, 5.74) is 2.51. The predicted octanol–water partition coefficient (Wildman–Crippen LogP) is 2.91. The summed E-state index contributed by atoms with van der Waals surface area (Å²) in [6.07, 6.45) is 5.13. The molecule has 3 nitrogen and oxygen atoms in total. The zero-order valence-corrected chi connectivity index (χ0v) is 11.7. The zero-order chi connectivity index (χ0) is 13.8. The van der Waals surface area contributed by atoms with Gasteiger partial charge in [0, 0.05) is 24.9 Å². The van der Waals surface area contributed by atoms with E-state index in [1.54, 1.807) is 6.20 Å². The highest BCUT2D eigenvalue weighted by Crippen LogP contribution is 2.44. The van der Waals surface area contributed by atoms with Gasteiger partial charge in [-0.3, -0.25) is 4.98 Å². The molecular weight excluding hydrogens is 248 g/mol. The molecule has 104 valence electrons. The van der Waals surface area contributed by atoms with Crippen molar-refractivity contribution >= 4 is 0 Å². The third-order valence-electron chi connectivity index (χ3n) is 3.89. The second-order valence-corrected chi connectivity index (χ2v) is 5.28. The van der Waals surface area contributed by atoms with E-state index in [1.165, 1.54) is 11.1 Å². The van der Waals surface area contributed by atoms with Crippen LogP contribution in [0.4, 0.5) is 0 Å². The Kier molecular flexibility index (Phi) is 4.09. The molecule has 3 atom stereocenters. The molecule has 1 aliphatic rings. The van der Waals surface area contributed by atoms with Gasteiger partial charge in [-0.25, -0.2) is 0 Å². The molecule has 0 unspecified atom stereocenters. The number of benzene rings is 1. The van der Waals surface area contributed by atoms with Gasteiger partial charge in [0.25, 0.3) is 0 Å². The molecule has 0 saturated carbocycles. The first-order valence-corrected chi connectivity index (χ1v) is 7.13. The number of nitrogens with one attached hydrogen (secondary N) is 1. The summed E-state index contributed by atoms with van der Waals surface area (Å²) < 4.78 is 6.25. The van der Waals surface area contributed by atoms with Crippen molar-refractivity contribution in [3.63, 3.8) is 0 Å². The second-order valence-electron chi connectivity index (χ2n) is 5.28. The molecule has 0 amide bonds. The molecule has 0 aliphatic carbocycles. The average molecular weight is 268 g/mol. The van der Waals surface area contributed by atoms with E-state index < -0.39 is 0 Å². The number of likely N-dealkylation sites (N-methyl/N-ethyl adjacent to an activating group) is 1. The van der Waals surface area contributed by atoms with Crippen molar-refractivity contribution in [3.8, 4) is 0 Å². The van der Waals surface area contributed by atoms with Gasteiger partial charge in [0.15, 0.2) is 0 Å². The van der Waals surface area contributed by atoms with Crippen molar-refractivity contribution in [1.29, 1.82) is 0 Å². The van der Waals surface area contributed by atoms with E-state index in [0.29, 0.717) is 5.92 Å². The normalized spacial score (nSPS) is 25.8. The lowest BCUT2D eigenvalue weighted by atomic mass is 9.88. The van der Waals surface area contributed by atoms with Gasteiger partial charge in [0.05, 0.1) is 12.2 Å². The van der Waals surface area contributed by atoms with Gasteiger partial charge in [-0.15, -0.1) is 0 Å². The van der Waals surface area contributed by atoms with Crippen LogP contribution in [0.3, 0.4) is 0 Å². The van der Waals surface area contributed by atoms with Crippen LogP contribution in [0.25, 0.3) is 0 Å². The van der Waals surface area contributed by atoms with Crippen molar-refractivity contribution < 1.29 is 4.74 Å². The highest BCUT2D eigenvalue weighted by atomic mass is 16.5. The van der Waals surface area contributed by atoms with Crippen LogP contribution in [0.1, 0.15) is 29.6 Å². The molecule has 1 aliphatic heterocycles. The lowest BCUT2D eigenvalue weighted by molar-refractivity contribution is 0.0418. The fourth-order valence-electron chi connectivity index (χ4n) is 2.99. The van der Waals surface area contributed by atoms with Gasteiger partial charge in [-0.2, -0.15) is 0 Å². The van der Waals surface area contributed by atoms with E-state index in [-0.39, 0.29) is 12.2 Å². The first-order chi connectivity index (χ1) is 9.88. The molecule has 20 heavy (non-hydrogen) atoms. The maximum Gasteiger partial charge on any atom is 0.0913 e. The maximum absolute atomic E-state index is 6.25. The molecule has 1 aromatic carbocycles. The Bertz CT molecular complexity index is 482. The number of aromatic nitrogens is 1. The van der Waals surface area contributed by atoms with Crippen molar-refractivity contribution in [2.24, 2.45) is 0 Å². The molecule has 1 fully saturated rings. The van der Waals surface area contributed by atoms with Crippen molar-refractivity contribution in [2.75, 3.05) is 13.6 Å². The fourth-order valence-corrected chi connectivity index (χ4v) is 2.99. The van der Waals surface area contributed by atoms with Gasteiger partial charge in [-0.05, 0) is 30.7 Å². The SMILES string of the molecule is CNC[C@@H]1C[C@@H](c2ccccc2)[C@@H](c2cccnc2)O1. The summed E-state index contributed by atoms with van der Waals surface area (Å²) in [7, 11) is 1.97. The van der Waals surface area contributed by atoms with E-state index >= 15 is 0 Å². The van der Waals surface area contributed by atoms with Gasteiger partial charge >= 0.3 is 0 Å². The lowest BCUT2D eigenvalue weighted by Crippen LogP contribution is -2.22. The standard InChI is InChI=1S/C17H20N2O/c1-18-12-15-10-16(13-6-3-2-4-7-13)17(20-15)14-8-5-9-19-11-14/h2-9,11,15-18H,10,12H2,1H3/t15-,16-,17+/m0/s1. The minimum absolute atomic E-state index is 0.101. The van der Waals surface area contributed by atoms with Crippen molar-refractivity contribution in [3.05, 3.63) is 66.0 Å². The number of nitrogens with zero attached hydrogens (tertiary/aromatic N) is 1. The maximum atomic E-state index is 6.25. The topological polar surface area (TPSA) is 34.2 Å². The highest BCUT2D eigenvalue weighted by Gasteiger charge is 2.36. The molecule has 0 radical (unpaired) electrons. The minimum atomic E-state index is 0.101. The minimum Gasteiger partial charge on any atom is -0.368 e.